The van der Waals surface area contributed by atoms with Gasteiger partial charge in [-0.25, -0.2) is 4.99 Å². The molecule has 0 aliphatic carbocycles. The highest BCUT2D eigenvalue weighted by Crippen LogP contribution is 2.34. The van der Waals surface area contributed by atoms with Crippen molar-refractivity contribution in [1.82, 2.24) is 0 Å². The van der Waals surface area contributed by atoms with Gasteiger partial charge in [0.25, 0.3) is 0 Å². The second kappa shape index (κ2) is 6.07. The largest absolute Gasteiger partial charge is 0.493 e. The predicted molar refractivity (Wildman–Crippen MR) is 83.2 cm³/mol. The molecule has 108 valence electrons. The van der Waals surface area contributed by atoms with Crippen molar-refractivity contribution < 1.29 is 4.74 Å². The third-order valence-electron chi connectivity index (χ3n) is 3.54. The minimum Gasteiger partial charge on any atom is -0.493 e. The Morgan fingerprint density at radius 3 is 2.45 bits per heavy atom. The zero-order valence-electron chi connectivity index (χ0n) is 12.5. The van der Waals surface area contributed by atoms with E-state index in [0.29, 0.717) is 12.4 Å². The highest BCUT2D eigenvalue weighted by Gasteiger charge is 2.28. The molecule has 0 aromatic heterocycles. The lowest BCUT2D eigenvalue weighted by Crippen LogP contribution is -2.16. The van der Waals surface area contributed by atoms with Gasteiger partial charge in [0, 0.05) is 5.56 Å². The molecule has 0 saturated carbocycles. The number of hydrogen-bond acceptors (Lipinski definition) is 3. The lowest BCUT2D eigenvalue weighted by atomic mass is 9.90. The molecule has 3 N–H and O–H groups in total. The van der Waals surface area contributed by atoms with Crippen LogP contribution >= 0.6 is 0 Å². The Kier molecular flexibility index (Phi) is 4.42. The number of nitrogens with two attached hydrogens (primary N) is 1. The second-order valence-corrected chi connectivity index (χ2v) is 5.04. The number of benzene rings is 1. The van der Waals surface area contributed by atoms with Crippen LogP contribution in [0, 0.1) is 5.41 Å². The van der Waals surface area contributed by atoms with Gasteiger partial charge in [0.15, 0.2) is 5.84 Å². The number of ether oxygens (including phenoxy) is 1. The summed E-state index contributed by atoms with van der Waals surface area (Å²) in [5, 5.41) is 8.03. The fraction of sp³-hybridized carbons (Fsp3) is 0.500. The molecule has 1 aromatic carbocycles. The summed E-state index contributed by atoms with van der Waals surface area (Å²) in [6.07, 6.45) is 4.10. The van der Waals surface area contributed by atoms with Crippen LogP contribution in [0.25, 0.3) is 0 Å². The van der Waals surface area contributed by atoms with Crippen molar-refractivity contribution >= 4 is 11.7 Å². The molecular formula is C16H23N3O. The third-order valence-corrected chi connectivity index (χ3v) is 3.54. The Balaban J connectivity index is 2.67. The van der Waals surface area contributed by atoms with E-state index in [1.807, 2.05) is 6.92 Å². The van der Waals surface area contributed by atoms with Crippen molar-refractivity contribution in [3.8, 4) is 5.75 Å². The molecule has 1 aromatic rings. The van der Waals surface area contributed by atoms with Crippen LogP contribution in [0.1, 0.15) is 55.9 Å². The monoisotopic (exact) mass is 273 g/mol. The fourth-order valence-corrected chi connectivity index (χ4v) is 2.80. The van der Waals surface area contributed by atoms with E-state index in [4.69, 9.17) is 15.9 Å². The standard InChI is InChI=1S/C16H23N3O/c1-4-7-10-9-12(20-6-3)14-13(11(10)8-5-2)15(17)19-16(14)18/h9H,4-8H2,1-3H3,(H3,17,18,19). The van der Waals surface area contributed by atoms with Crippen LogP contribution in [0.15, 0.2) is 11.1 Å². The first-order chi connectivity index (χ1) is 9.63. The lowest BCUT2D eigenvalue weighted by Gasteiger charge is -2.17. The van der Waals surface area contributed by atoms with E-state index in [1.54, 1.807) is 0 Å². The van der Waals surface area contributed by atoms with Gasteiger partial charge in [-0.2, -0.15) is 0 Å². The molecule has 0 amide bonds. The summed E-state index contributed by atoms with van der Waals surface area (Å²) in [7, 11) is 0. The number of aryl methyl sites for hydroxylation is 1. The molecular weight excluding hydrogens is 250 g/mol. The van der Waals surface area contributed by atoms with Crippen LogP contribution in [0.2, 0.25) is 0 Å². The van der Waals surface area contributed by atoms with Crippen molar-refractivity contribution in [3.05, 3.63) is 28.3 Å². The first-order valence-corrected chi connectivity index (χ1v) is 7.38. The number of nitrogens with zero attached hydrogens (tertiary/aromatic N) is 1. The number of amidine groups is 2. The molecule has 0 fully saturated rings. The summed E-state index contributed by atoms with van der Waals surface area (Å²) < 4.78 is 5.72. The molecule has 0 spiro atoms. The summed E-state index contributed by atoms with van der Waals surface area (Å²) in [4.78, 5) is 4.14. The van der Waals surface area contributed by atoms with Gasteiger partial charge in [0.05, 0.1) is 12.2 Å². The Morgan fingerprint density at radius 1 is 1.15 bits per heavy atom. The average molecular weight is 273 g/mol. The molecule has 0 unspecified atom stereocenters. The Bertz CT molecular complexity index is 561. The number of aliphatic imine (C=N–C) groups is 1. The summed E-state index contributed by atoms with van der Waals surface area (Å²) in [5.41, 5.74) is 10.3. The number of nitrogens with one attached hydrogen (secondary N) is 1. The van der Waals surface area contributed by atoms with Crippen molar-refractivity contribution in [2.45, 2.75) is 46.5 Å². The van der Waals surface area contributed by atoms with Crippen molar-refractivity contribution in [3.63, 3.8) is 0 Å². The minimum absolute atomic E-state index is 0.223. The molecule has 0 bridgehead atoms. The molecule has 1 aliphatic heterocycles. The van der Waals surface area contributed by atoms with Crippen molar-refractivity contribution in [2.24, 2.45) is 10.7 Å². The summed E-state index contributed by atoms with van der Waals surface area (Å²) in [6.45, 7) is 6.86. The van der Waals surface area contributed by atoms with Crippen LogP contribution in [0.5, 0.6) is 5.75 Å². The van der Waals surface area contributed by atoms with Crippen LogP contribution in [-0.2, 0) is 12.8 Å². The molecule has 4 heteroatoms. The number of hydrogen-bond donors (Lipinski definition) is 2. The van der Waals surface area contributed by atoms with Gasteiger partial charge in [0.2, 0.25) is 0 Å². The van der Waals surface area contributed by atoms with Gasteiger partial charge in [-0.1, -0.05) is 26.7 Å². The van der Waals surface area contributed by atoms with Crippen LogP contribution in [-0.4, -0.2) is 18.3 Å². The van der Waals surface area contributed by atoms with E-state index in [1.165, 1.54) is 11.1 Å². The third kappa shape index (κ3) is 2.42. The van der Waals surface area contributed by atoms with Gasteiger partial charge < -0.3 is 10.5 Å². The first kappa shape index (κ1) is 14.6. The van der Waals surface area contributed by atoms with E-state index >= 15 is 0 Å². The highest BCUT2D eigenvalue weighted by atomic mass is 16.5. The molecule has 1 aliphatic rings. The van der Waals surface area contributed by atoms with Gasteiger partial charge in [-0.3, -0.25) is 5.41 Å². The van der Waals surface area contributed by atoms with Crippen LogP contribution in [0.3, 0.4) is 0 Å². The highest BCUT2D eigenvalue weighted by molar-refractivity contribution is 6.23. The van der Waals surface area contributed by atoms with Gasteiger partial charge in [-0.05, 0) is 37.0 Å². The molecule has 2 rings (SSSR count). The Morgan fingerprint density at radius 2 is 1.85 bits per heavy atom. The maximum Gasteiger partial charge on any atom is 0.158 e. The Labute approximate surface area is 120 Å². The molecule has 1 heterocycles. The lowest BCUT2D eigenvalue weighted by molar-refractivity contribution is 0.339. The van der Waals surface area contributed by atoms with Crippen molar-refractivity contribution in [1.29, 1.82) is 5.41 Å². The minimum atomic E-state index is 0.223. The maximum absolute atomic E-state index is 8.03. The molecule has 0 radical (unpaired) electrons. The number of fused-ring (bicyclic) bond motifs is 1. The van der Waals surface area contributed by atoms with Gasteiger partial charge >= 0.3 is 0 Å². The normalized spacial score (nSPS) is 13.3. The number of rotatable bonds is 6. The van der Waals surface area contributed by atoms with Gasteiger partial charge in [0.1, 0.15) is 11.6 Å². The zero-order chi connectivity index (χ0) is 14.7. The predicted octanol–water partition coefficient (Wildman–Crippen LogP) is 3.03. The quantitative estimate of drug-likeness (QED) is 0.836. The van der Waals surface area contributed by atoms with Crippen LogP contribution in [0.4, 0.5) is 0 Å². The van der Waals surface area contributed by atoms with E-state index in [-0.39, 0.29) is 5.84 Å². The summed E-state index contributed by atoms with van der Waals surface area (Å²) >= 11 is 0. The van der Waals surface area contributed by atoms with Crippen LogP contribution < -0.4 is 10.5 Å². The molecule has 0 saturated heterocycles. The maximum atomic E-state index is 8.03. The molecule has 20 heavy (non-hydrogen) atoms. The van der Waals surface area contributed by atoms with E-state index in [0.717, 1.165) is 42.6 Å². The SMILES string of the molecule is CCCc1cc(OCC)c2c(c1CCC)C(N)=NC2=N. The fourth-order valence-electron chi connectivity index (χ4n) is 2.80. The second-order valence-electron chi connectivity index (χ2n) is 5.04. The molecule has 0 atom stereocenters. The first-order valence-electron chi connectivity index (χ1n) is 7.38. The van der Waals surface area contributed by atoms with E-state index in [9.17, 15) is 0 Å². The topological polar surface area (TPSA) is 71.5 Å². The van der Waals surface area contributed by atoms with Gasteiger partial charge in [-0.15, -0.1) is 0 Å². The van der Waals surface area contributed by atoms with E-state index in [2.05, 4.69) is 24.9 Å². The zero-order valence-corrected chi connectivity index (χ0v) is 12.5. The summed E-state index contributed by atoms with van der Waals surface area (Å²) in [5.74, 6) is 1.44. The molecule has 4 nitrogen and oxygen atoms in total. The van der Waals surface area contributed by atoms with E-state index < -0.39 is 0 Å². The smallest absolute Gasteiger partial charge is 0.158 e. The average Bonchev–Trinajstić information content (AvgIpc) is 2.70. The Hall–Kier alpha value is -1.84. The van der Waals surface area contributed by atoms with Crippen molar-refractivity contribution in [2.75, 3.05) is 6.61 Å². The summed E-state index contributed by atoms with van der Waals surface area (Å²) in [6, 6.07) is 2.08.